The number of aromatic hydroxyl groups is 1. The van der Waals surface area contributed by atoms with E-state index in [0.29, 0.717) is 26.1 Å². The molecule has 1 aromatic heterocycles. The highest BCUT2D eigenvalue weighted by molar-refractivity contribution is 7.71. The highest BCUT2D eigenvalue weighted by Crippen LogP contribution is 2.11. The monoisotopic (exact) mass is 329 g/mol. The third-order valence-electron chi connectivity index (χ3n) is 2.84. The number of H-pyrrole nitrogens is 1. The minimum Gasteiger partial charge on any atom is -0.494 e. The van der Waals surface area contributed by atoms with Crippen molar-refractivity contribution in [3.63, 3.8) is 0 Å². The zero-order valence-corrected chi connectivity index (χ0v) is 13.3. The number of methoxy groups -OCH3 is 2. The normalized spacial score (nSPS) is 11.0. The van der Waals surface area contributed by atoms with Crippen molar-refractivity contribution in [1.29, 1.82) is 0 Å². The Labute approximate surface area is 132 Å². The maximum Gasteiger partial charge on any atom is 0.305 e. The molecule has 0 aliphatic rings. The fraction of sp³-hybridized carbons (Fsp3) is 0.538. The summed E-state index contributed by atoms with van der Waals surface area (Å²) < 4.78 is 10.9. The molecule has 122 valence electrons. The molecule has 0 fully saturated rings. The van der Waals surface area contributed by atoms with Crippen molar-refractivity contribution in [3.8, 4) is 5.88 Å². The van der Waals surface area contributed by atoms with Crippen LogP contribution in [-0.4, -0.2) is 54.2 Å². The first-order valence-electron chi connectivity index (χ1n) is 6.63. The van der Waals surface area contributed by atoms with E-state index in [4.69, 9.17) is 17.0 Å². The van der Waals surface area contributed by atoms with Crippen molar-refractivity contribution in [2.45, 2.75) is 19.4 Å². The molecular weight excluding hydrogens is 310 g/mol. The van der Waals surface area contributed by atoms with Crippen molar-refractivity contribution in [3.05, 3.63) is 20.7 Å². The van der Waals surface area contributed by atoms with Gasteiger partial charge in [-0.15, -0.1) is 0 Å². The molecule has 2 N–H and O–H groups in total. The molecule has 0 bridgehead atoms. The number of ether oxygens (including phenoxy) is 2. The lowest BCUT2D eigenvalue weighted by Crippen LogP contribution is -2.20. The number of hydrogen-bond donors (Lipinski definition) is 2. The van der Waals surface area contributed by atoms with Crippen LogP contribution in [0.4, 0.5) is 0 Å². The Morgan fingerprint density at radius 3 is 2.86 bits per heavy atom. The van der Waals surface area contributed by atoms with Crippen LogP contribution in [0.25, 0.3) is 0 Å². The van der Waals surface area contributed by atoms with Gasteiger partial charge in [0.05, 0.1) is 20.3 Å². The van der Waals surface area contributed by atoms with Gasteiger partial charge in [-0.3, -0.25) is 24.1 Å². The molecule has 1 heterocycles. The van der Waals surface area contributed by atoms with Crippen LogP contribution in [-0.2, 0) is 20.8 Å². The number of nitrogens with zero attached hydrogens (tertiary/aromatic N) is 2. The molecule has 0 aliphatic heterocycles. The first-order chi connectivity index (χ1) is 10.5. The van der Waals surface area contributed by atoms with Gasteiger partial charge in [0.15, 0.2) is 4.77 Å². The van der Waals surface area contributed by atoms with Crippen molar-refractivity contribution in [1.82, 2.24) is 9.55 Å². The number of aliphatic imine (C=N–C) groups is 1. The van der Waals surface area contributed by atoms with Crippen LogP contribution in [0, 0.1) is 4.77 Å². The molecule has 8 nitrogen and oxygen atoms in total. The Morgan fingerprint density at radius 2 is 2.23 bits per heavy atom. The second kappa shape index (κ2) is 9.11. The third kappa shape index (κ3) is 5.08. The summed E-state index contributed by atoms with van der Waals surface area (Å²) in [4.78, 5) is 29.2. The summed E-state index contributed by atoms with van der Waals surface area (Å²) in [5, 5.41) is 10.1. The Kier molecular flexibility index (Phi) is 7.47. The minimum absolute atomic E-state index is 0.0165. The van der Waals surface area contributed by atoms with Crippen LogP contribution in [0.15, 0.2) is 9.79 Å². The summed E-state index contributed by atoms with van der Waals surface area (Å²) in [5.74, 6) is -0.578. The molecule has 0 aromatic carbocycles. The summed E-state index contributed by atoms with van der Waals surface area (Å²) in [6, 6.07) is 0. The lowest BCUT2D eigenvalue weighted by molar-refractivity contribution is -0.140. The number of rotatable bonds is 8. The largest absolute Gasteiger partial charge is 0.494 e. The van der Waals surface area contributed by atoms with E-state index in [0.717, 1.165) is 0 Å². The highest BCUT2D eigenvalue weighted by atomic mass is 32.1. The van der Waals surface area contributed by atoms with Gasteiger partial charge in [0.2, 0.25) is 5.88 Å². The van der Waals surface area contributed by atoms with E-state index in [1.165, 1.54) is 25.0 Å². The maximum absolute atomic E-state index is 11.8. The summed E-state index contributed by atoms with van der Waals surface area (Å²) >= 11 is 4.99. The predicted molar refractivity (Wildman–Crippen MR) is 83.1 cm³/mol. The number of nitrogens with one attached hydrogen (secondary N) is 1. The molecule has 0 saturated carbocycles. The molecule has 0 atom stereocenters. The standard InChI is InChI=1S/C13H19N3O5S/c1-20-7-6-16-12(19)9(11(18)15-13(16)22)8-14-5-3-4-10(17)21-2/h8,19H,3-7H2,1-2H3,(H,15,18,22). The molecule has 0 spiro atoms. The highest BCUT2D eigenvalue weighted by Gasteiger charge is 2.10. The number of carbonyl (C=O) groups excluding carboxylic acids is 1. The SMILES string of the molecule is COCCn1c(O)c(C=NCCCC(=O)OC)c(=O)[nH]c1=S. The van der Waals surface area contributed by atoms with Crippen LogP contribution in [0.3, 0.4) is 0 Å². The number of esters is 1. The van der Waals surface area contributed by atoms with Crippen LogP contribution in [0.1, 0.15) is 18.4 Å². The summed E-state index contributed by atoms with van der Waals surface area (Å²) in [6.45, 7) is 0.979. The van der Waals surface area contributed by atoms with Gasteiger partial charge in [-0.05, 0) is 18.6 Å². The molecular formula is C13H19N3O5S. The molecule has 0 unspecified atom stereocenters. The summed E-state index contributed by atoms with van der Waals surface area (Å²) in [5.41, 5.74) is -0.504. The maximum atomic E-state index is 11.8. The van der Waals surface area contributed by atoms with E-state index >= 15 is 0 Å². The fourth-order valence-corrected chi connectivity index (χ4v) is 1.92. The Bertz CT molecular complexity index is 650. The van der Waals surface area contributed by atoms with Gasteiger partial charge in [0, 0.05) is 26.3 Å². The molecule has 0 saturated heterocycles. The van der Waals surface area contributed by atoms with E-state index in [2.05, 4.69) is 14.7 Å². The molecule has 9 heteroatoms. The van der Waals surface area contributed by atoms with Gasteiger partial charge in [0.25, 0.3) is 5.56 Å². The third-order valence-corrected chi connectivity index (χ3v) is 3.16. The first-order valence-corrected chi connectivity index (χ1v) is 7.03. The van der Waals surface area contributed by atoms with E-state index in [-0.39, 0.29) is 28.6 Å². The number of aromatic amines is 1. The van der Waals surface area contributed by atoms with Gasteiger partial charge in [-0.25, -0.2) is 0 Å². The average molecular weight is 329 g/mol. The van der Waals surface area contributed by atoms with Gasteiger partial charge >= 0.3 is 5.97 Å². The van der Waals surface area contributed by atoms with Crippen LogP contribution >= 0.6 is 12.2 Å². The number of carbonyl (C=O) groups is 1. The smallest absolute Gasteiger partial charge is 0.305 e. The van der Waals surface area contributed by atoms with Crippen molar-refractivity contribution in [2.75, 3.05) is 27.4 Å². The predicted octanol–water partition coefficient (Wildman–Crippen LogP) is 0.630. The van der Waals surface area contributed by atoms with E-state index in [9.17, 15) is 14.7 Å². The molecule has 1 rings (SSSR count). The number of aromatic nitrogens is 2. The summed E-state index contributed by atoms with van der Waals surface area (Å²) in [7, 11) is 2.84. The quantitative estimate of drug-likeness (QED) is 0.314. The van der Waals surface area contributed by atoms with Gasteiger partial charge in [0.1, 0.15) is 5.56 Å². The Hall–Kier alpha value is -2.00. The average Bonchev–Trinajstić information content (AvgIpc) is 2.49. The van der Waals surface area contributed by atoms with Gasteiger partial charge in [-0.2, -0.15) is 0 Å². The summed E-state index contributed by atoms with van der Waals surface area (Å²) in [6.07, 6.45) is 2.00. The van der Waals surface area contributed by atoms with E-state index in [1.807, 2.05) is 0 Å². The lowest BCUT2D eigenvalue weighted by Gasteiger charge is -2.10. The van der Waals surface area contributed by atoms with Gasteiger partial charge < -0.3 is 14.6 Å². The molecule has 22 heavy (non-hydrogen) atoms. The zero-order chi connectivity index (χ0) is 16.5. The molecule has 0 radical (unpaired) electrons. The first kappa shape index (κ1) is 18.1. The molecule has 0 aliphatic carbocycles. The van der Waals surface area contributed by atoms with E-state index < -0.39 is 5.56 Å². The van der Waals surface area contributed by atoms with Crippen molar-refractivity contribution in [2.24, 2.45) is 4.99 Å². The van der Waals surface area contributed by atoms with E-state index in [1.54, 1.807) is 0 Å². The van der Waals surface area contributed by atoms with Crippen molar-refractivity contribution < 1.29 is 19.4 Å². The second-order valence-electron chi connectivity index (χ2n) is 4.36. The molecule has 1 aromatic rings. The minimum atomic E-state index is -0.520. The number of hydrogen-bond acceptors (Lipinski definition) is 7. The Balaban J connectivity index is 2.83. The lowest BCUT2D eigenvalue weighted by atomic mass is 10.3. The van der Waals surface area contributed by atoms with Gasteiger partial charge in [-0.1, -0.05) is 0 Å². The Morgan fingerprint density at radius 1 is 1.50 bits per heavy atom. The zero-order valence-electron chi connectivity index (χ0n) is 12.5. The van der Waals surface area contributed by atoms with Crippen LogP contribution in [0.2, 0.25) is 0 Å². The molecule has 0 amide bonds. The van der Waals surface area contributed by atoms with Crippen LogP contribution < -0.4 is 5.56 Å². The van der Waals surface area contributed by atoms with Crippen molar-refractivity contribution >= 4 is 24.4 Å². The second-order valence-corrected chi connectivity index (χ2v) is 4.74. The van der Waals surface area contributed by atoms with Crippen LogP contribution in [0.5, 0.6) is 5.88 Å². The fourth-order valence-electron chi connectivity index (χ4n) is 1.65. The topological polar surface area (TPSA) is 106 Å².